The van der Waals surface area contributed by atoms with Crippen LogP contribution in [-0.4, -0.2) is 27.8 Å². The highest BCUT2D eigenvalue weighted by molar-refractivity contribution is 7.16. The second-order valence-electron chi connectivity index (χ2n) is 6.24. The number of aryl methyl sites for hydroxylation is 1. The fourth-order valence-corrected chi connectivity index (χ4v) is 3.67. The first-order valence-corrected chi connectivity index (χ1v) is 9.98. The first-order chi connectivity index (χ1) is 14.3. The van der Waals surface area contributed by atoms with Crippen LogP contribution in [-0.2, 0) is 11.3 Å². The van der Waals surface area contributed by atoms with E-state index in [4.69, 9.17) is 4.74 Å². The van der Waals surface area contributed by atoms with Crippen molar-refractivity contribution in [1.29, 1.82) is 0 Å². The quantitative estimate of drug-likeness (QED) is 0.185. The lowest BCUT2D eigenvalue weighted by Gasteiger charge is -2.11. The number of allylic oxidation sites excluding steroid dienone is 1. The van der Waals surface area contributed by atoms with Gasteiger partial charge in [0.1, 0.15) is 5.56 Å². The van der Waals surface area contributed by atoms with E-state index in [1.807, 2.05) is 6.92 Å². The van der Waals surface area contributed by atoms with E-state index in [-0.39, 0.29) is 33.9 Å². The Morgan fingerprint density at radius 1 is 1.23 bits per heavy atom. The second kappa shape index (κ2) is 8.83. The number of hydrogen-bond donors (Lipinski definition) is 0. The first kappa shape index (κ1) is 21.1. The van der Waals surface area contributed by atoms with Gasteiger partial charge in [0.2, 0.25) is 5.43 Å². The lowest BCUT2D eigenvalue weighted by molar-refractivity contribution is -0.380. The predicted molar refractivity (Wildman–Crippen MR) is 114 cm³/mol. The number of ether oxygens (including phenoxy) is 1. The zero-order valence-electron chi connectivity index (χ0n) is 16.3. The number of carbonyl (C=O) groups excluding carboxylic acids is 2. The lowest BCUT2D eigenvalue weighted by atomic mass is 10.0. The SMILES string of the molecule is CCOC(=O)c1cn(CC)c2ccc(C(=O)/C=C/c3ccc([N+](=O)[O-])s3)cc2c1=O. The van der Waals surface area contributed by atoms with Crippen molar-refractivity contribution in [1.82, 2.24) is 4.57 Å². The number of carbonyl (C=O) groups is 2. The van der Waals surface area contributed by atoms with Crippen LogP contribution in [0.3, 0.4) is 0 Å². The van der Waals surface area contributed by atoms with Crippen molar-refractivity contribution in [3.8, 4) is 0 Å². The van der Waals surface area contributed by atoms with Gasteiger partial charge in [-0.2, -0.15) is 0 Å². The Morgan fingerprint density at radius 2 is 2.00 bits per heavy atom. The molecule has 0 aliphatic heterocycles. The van der Waals surface area contributed by atoms with Crippen molar-refractivity contribution in [2.24, 2.45) is 0 Å². The van der Waals surface area contributed by atoms with E-state index < -0.39 is 16.3 Å². The molecule has 0 saturated heterocycles. The van der Waals surface area contributed by atoms with Gasteiger partial charge >= 0.3 is 11.0 Å². The number of esters is 1. The van der Waals surface area contributed by atoms with Crippen LogP contribution >= 0.6 is 11.3 Å². The number of thiophene rings is 1. The van der Waals surface area contributed by atoms with Gasteiger partial charge in [0, 0.05) is 34.6 Å². The first-order valence-electron chi connectivity index (χ1n) is 9.16. The van der Waals surface area contributed by atoms with E-state index in [2.05, 4.69) is 0 Å². The summed E-state index contributed by atoms with van der Waals surface area (Å²) in [6.45, 7) is 4.20. The number of pyridine rings is 1. The van der Waals surface area contributed by atoms with Crippen LogP contribution < -0.4 is 5.43 Å². The monoisotopic (exact) mass is 426 g/mol. The molecule has 0 aliphatic carbocycles. The molecule has 0 aliphatic rings. The van der Waals surface area contributed by atoms with Crippen LogP contribution in [0.2, 0.25) is 0 Å². The molecule has 154 valence electrons. The summed E-state index contributed by atoms with van der Waals surface area (Å²) >= 11 is 0.955. The average Bonchev–Trinajstić information content (AvgIpc) is 3.22. The summed E-state index contributed by atoms with van der Waals surface area (Å²) in [4.78, 5) is 48.4. The number of rotatable bonds is 7. The summed E-state index contributed by atoms with van der Waals surface area (Å²) < 4.78 is 6.71. The third kappa shape index (κ3) is 4.20. The molecular formula is C21H18N2O6S. The minimum Gasteiger partial charge on any atom is -0.462 e. The van der Waals surface area contributed by atoms with E-state index in [1.165, 1.54) is 30.5 Å². The molecule has 0 unspecified atom stereocenters. The normalized spacial score (nSPS) is 11.1. The van der Waals surface area contributed by atoms with Crippen LogP contribution in [0, 0.1) is 10.1 Å². The molecule has 0 amide bonds. The molecule has 0 saturated carbocycles. The highest BCUT2D eigenvalue weighted by Crippen LogP contribution is 2.25. The highest BCUT2D eigenvalue weighted by Gasteiger charge is 2.17. The number of hydrogen-bond acceptors (Lipinski definition) is 7. The second-order valence-corrected chi connectivity index (χ2v) is 7.33. The van der Waals surface area contributed by atoms with Gasteiger partial charge in [-0.15, -0.1) is 0 Å². The summed E-state index contributed by atoms with van der Waals surface area (Å²) in [5, 5.41) is 11.0. The molecule has 0 bridgehead atoms. The van der Waals surface area contributed by atoms with Crippen molar-refractivity contribution in [2.45, 2.75) is 20.4 Å². The molecule has 2 heterocycles. The molecule has 3 rings (SSSR count). The van der Waals surface area contributed by atoms with Crippen molar-refractivity contribution >= 4 is 45.1 Å². The molecular weight excluding hydrogens is 408 g/mol. The van der Waals surface area contributed by atoms with E-state index in [9.17, 15) is 24.5 Å². The predicted octanol–water partition coefficient (Wildman–Crippen LogP) is 4.06. The Bertz CT molecular complexity index is 1240. The number of aromatic nitrogens is 1. The molecule has 0 fully saturated rings. The largest absolute Gasteiger partial charge is 0.462 e. The third-order valence-electron chi connectivity index (χ3n) is 4.39. The van der Waals surface area contributed by atoms with Crippen LogP contribution in [0.5, 0.6) is 0 Å². The van der Waals surface area contributed by atoms with Gasteiger partial charge in [-0.3, -0.25) is 19.7 Å². The minimum atomic E-state index is -0.706. The van der Waals surface area contributed by atoms with Crippen LogP contribution in [0.4, 0.5) is 5.00 Å². The molecule has 30 heavy (non-hydrogen) atoms. The number of nitro groups is 1. The standard InChI is InChI=1S/C21H18N2O6S/c1-3-22-12-16(21(26)29-4-2)20(25)15-11-13(5-8-17(15)22)18(24)9-6-14-7-10-19(30-14)23(27)28/h5-12H,3-4H2,1-2H3/b9-6+. The smallest absolute Gasteiger partial charge is 0.343 e. The van der Waals surface area contributed by atoms with E-state index in [0.717, 1.165) is 11.3 Å². The van der Waals surface area contributed by atoms with Gasteiger partial charge in [0.05, 0.1) is 17.0 Å². The molecule has 8 nitrogen and oxygen atoms in total. The topological polar surface area (TPSA) is 109 Å². The Balaban J connectivity index is 2.00. The summed E-state index contributed by atoms with van der Waals surface area (Å²) in [6.07, 6.45) is 4.25. The molecule has 3 aromatic rings. The Morgan fingerprint density at radius 3 is 2.63 bits per heavy atom. The molecule has 2 aromatic heterocycles. The minimum absolute atomic E-state index is 0.0144. The van der Waals surface area contributed by atoms with Gasteiger partial charge in [-0.25, -0.2) is 4.79 Å². The summed E-state index contributed by atoms with van der Waals surface area (Å²) in [6, 6.07) is 7.64. The zero-order chi connectivity index (χ0) is 21.8. The maximum atomic E-state index is 12.8. The van der Waals surface area contributed by atoms with Gasteiger partial charge in [-0.1, -0.05) is 11.3 Å². The van der Waals surface area contributed by atoms with Gasteiger partial charge < -0.3 is 9.30 Å². The van der Waals surface area contributed by atoms with Crippen molar-refractivity contribution in [3.05, 3.63) is 78.9 Å². The maximum Gasteiger partial charge on any atom is 0.343 e. The molecule has 0 spiro atoms. The van der Waals surface area contributed by atoms with Crippen LogP contribution in [0.25, 0.3) is 17.0 Å². The van der Waals surface area contributed by atoms with Crippen LogP contribution in [0.1, 0.15) is 39.4 Å². The number of benzene rings is 1. The Hall–Kier alpha value is -3.59. The maximum absolute atomic E-state index is 12.8. The molecule has 0 atom stereocenters. The van der Waals surface area contributed by atoms with Crippen molar-refractivity contribution in [3.63, 3.8) is 0 Å². The fourth-order valence-electron chi connectivity index (χ4n) is 2.95. The number of fused-ring (bicyclic) bond motifs is 1. The summed E-state index contributed by atoms with van der Waals surface area (Å²) in [5.41, 5.74) is 0.286. The molecule has 0 N–H and O–H groups in total. The van der Waals surface area contributed by atoms with Crippen molar-refractivity contribution < 1.29 is 19.2 Å². The van der Waals surface area contributed by atoms with E-state index in [1.54, 1.807) is 29.7 Å². The fraction of sp³-hybridized carbons (Fsp3) is 0.190. The number of nitrogens with zero attached hydrogens (tertiary/aromatic N) is 2. The van der Waals surface area contributed by atoms with Gasteiger partial charge in [0.25, 0.3) is 0 Å². The van der Waals surface area contributed by atoms with Gasteiger partial charge in [-0.05, 0) is 50.3 Å². The Kier molecular flexibility index (Phi) is 6.22. The molecule has 1 aromatic carbocycles. The van der Waals surface area contributed by atoms with E-state index >= 15 is 0 Å². The van der Waals surface area contributed by atoms with Crippen LogP contribution in [0.15, 0.2) is 47.4 Å². The van der Waals surface area contributed by atoms with E-state index in [0.29, 0.717) is 16.9 Å². The molecule has 9 heteroatoms. The number of ketones is 1. The zero-order valence-corrected chi connectivity index (χ0v) is 17.1. The summed E-state index contributed by atoms with van der Waals surface area (Å²) in [5.74, 6) is -1.07. The highest BCUT2D eigenvalue weighted by atomic mass is 32.1. The summed E-state index contributed by atoms with van der Waals surface area (Å²) in [7, 11) is 0. The average molecular weight is 426 g/mol. The molecule has 0 radical (unpaired) electrons. The van der Waals surface area contributed by atoms with Crippen molar-refractivity contribution in [2.75, 3.05) is 6.61 Å². The third-order valence-corrected chi connectivity index (χ3v) is 5.39. The Labute approximate surface area is 175 Å². The van der Waals surface area contributed by atoms with Gasteiger partial charge in [0.15, 0.2) is 5.78 Å². The lowest BCUT2D eigenvalue weighted by Crippen LogP contribution is -2.21.